The average molecular weight is 599 g/mol. The van der Waals surface area contributed by atoms with E-state index in [0.29, 0.717) is 19.0 Å². The minimum atomic E-state index is -5.23. The van der Waals surface area contributed by atoms with Crippen LogP contribution in [0.2, 0.25) is 5.02 Å². The van der Waals surface area contributed by atoms with Gasteiger partial charge < -0.3 is 15.4 Å². The summed E-state index contributed by atoms with van der Waals surface area (Å²) in [5.74, 6) is -3.93. The number of hydrogen-bond acceptors (Lipinski definition) is 7. The second-order valence-corrected chi connectivity index (χ2v) is 11.0. The maximum atomic E-state index is 16.3. The van der Waals surface area contributed by atoms with Crippen LogP contribution in [0, 0.1) is 11.6 Å². The number of rotatable bonds is 5. The lowest BCUT2D eigenvalue weighted by atomic mass is 9.95. The first-order valence-electron chi connectivity index (χ1n) is 13.2. The van der Waals surface area contributed by atoms with E-state index in [1.165, 1.54) is 12.1 Å². The van der Waals surface area contributed by atoms with Crippen LogP contribution in [0.4, 0.5) is 38.0 Å². The third kappa shape index (κ3) is 4.92. The number of halogens is 7. The van der Waals surface area contributed by atoms with E-state index in [-0.39, 0.29) is 35.9 Å². The van der Waals surface area contributed by atoms with Crippen LogP contribution >= 0.6 is 11.6 Å². The van der Waals surface area contributed by atoms with Gasteiger partial charge in [0, 0.05) is 18.0 Å². The van der Waals surface area contributed by atoms with Crippen LogP contribution in [0.5, 0.6) is 6.01 Å². The fraction of sp³-hybridized carbons (Fsp3) is 0.444. The van der Waals surface area contributed by atoms with E-state index >= 15 is 4.39 Å². The molecular weight excluding hydrogens is 574 g/mol. The number of nitrogens with two attached hydrogens (primary N) is 1. The van der Waals surface area contributed by atoms with Gasteiger partial charge in [0.05, 0.1) is 28.4 Å². The van der Waals surface area contributed by atoms with Crippen LogP contribution in [-0.2, 0) is 6.18 Å². The van der Waals surface area contributed by atoms with Gasteiger partial charge in [0.15, 0.2) is 5.82 Å². The van der Waals surface area contributed by atoms with Crippen molar-refractivity contribution in [3.63, 3.8) is 0 Å². The molecule has 14 heteroatoms. The second-order valence-electron chi connectivity index (χ2n) is 10.6. The Morgan fingerprint density at radius 1 is 1.02 bits per heavy atom. The lowest BCUT2D eigenvalue weighted by Crippen LogP contribution is -2.43. The Morgan fingerprint density at radius 2 is 1.76 bits per heavy atom. The first-order valence-corrected chi connectivity index (χ1v) is 13.6. The topological polar surface area (TPSA) is 80.4 Å². The number of hydrogen-bond donors (Lipinski definition) is 1. The molecule has 2 N–H and O–H groups in total. The first-order chi connectivity index (χ1) is 19.5. The van der Waals surface area contributed by atoms with Gasteiger partial charge in [-0.3, -0.25) is 4.90 Å². The summed E-state index contributed by atoms with van der Waals surface area (Å²) in [6.45, 7) is 2.28. The highest BCUT2D eigenvalue weighted by Crippen LogP contribution is 2.45. The molecule has 1 aromatic carbocycles. The van der Waals surface area contributed by atoms with Gasteiger partial charge in [0.2, 0.25) is 0 Å². The van der Waals surface area contributed by atoms with E-state index in [1.54, 1.807) is 4.90 Å². The summed E-state index contributed by atoms with van der Waals surface area (Å²) < 4.78 is 92.8. The molecule has 3 aliphatic heterocycles. The summed E-state index contributed by atoms with van der Waals surface area (Å²) in [5, 5.41) is -0.478. The maximum absolute atomic E-state index is 16.3. The number of ether oxygens (including phenoxy) is 1. The molecule has 0 radical (unpaired) electrons. The molecule has 0 spiro atoms. The number of alkyl halides is 3. The molecule has 3 aromatic rings. The molecule has 0 aliphatic carbocycles. The molecule has 3 aliphatic rings. The van der Waals surface area contributed by atoms with Gasteiger partial charge in [-0.15, -0.1) is 0 Å². The Labute approximate surface area is 236 Å². The number of fused-ring (bicyclic) bond motifs is 2. The summed E-state index contributed by atoms with van der Waals surface area (Å²) in [5.41, 5.74) is 1.16. The van der Waals surface area contributed by atoms with Crippen LogP contribution in [0.1, 0.15) is 37.7 Å². The zero-order valence-corrected chi connectivity index (χ0v) is 22.4. The Morgan fingerprint density at radius 3 is 2.44 bits per heavy atom. The standard InChI is InChI=1S/C27H25ClF6N6O/c28-16-10-15-22(21(31)19(16)23-20(27(32,33)34)17(30)11-18(35)36-23)37-25(38-24(15)39-7-1-4-14(29)12-39)41-13-26-5-2-8-40(26)9-3-6-26/h4,10-11H,1-3,5-9,12-13H2,(H2,35,36). The Hall–Kier alpha value is -3.32. The Kier molecular flexibility index (Phi) is 6.92. The monoisotopic (exact) mass is 598 g/mol. The van der Waals surface area contributed by atoms with Crippen molar-refractivity contribution in [2.75, 3.05) is 43.4 Å². The fourth-order valence-electron chi connectivity index (χ4n) is 6.21. The van der Waals surface area contributed by atoms with Gasteiger partial charge in [-0.25, -0.2) is 18.2 Å². The van der Waals surface area contributed by atoms with Crippen molar-refractivity contribution in [3.05, 3.63) is 46.3 Å². The lowest BCUT2D eigenvalue weighted by molar-refractivity contribution is -0.139. The maximum Gasteiger partial charge on any atom is 0.421 e. The van der Waals surface area contributed by atoms with Crippen LogP contribution < -0.4 is 15.4 Å². The average Bonchev–Trinajstić information content (AvgIpc) is 3.47. The van der Waals surface area contributed by atoms with E-state index < -0.39 is 56.8 Å². The van der Waals surface area contributed by atoms with E-state index in [4.69, 9.17) is 22.1 Å². The second kappa shape index (κ2) is 10.2. The minimum Gasteiger partial charge on any atom is -0.461 e. The Balaban J connectivity index is 1.52. The smallest absolute Gasteiger partial charge is 0.421 e. The normalized spacial score (nSPS) is 19.1. The molecule has 218 valence electrons. The van der Waals surface area contributed by atoms with Crippen molar-refractivity contribution < 1.29 is 31.1 Å². The summed E-state index contributed by atoms with van der Waals surface area (Å²) in [4.78, 5) is 16.2. The van der Waals surface area contributed by atoms with Gasteiger partial charge >= 0.3 is 12.2 Å². The van der Waals surface area contributed by atoms with Gasteiger partial charge in [-0.05, 0) is 57.3 Å². The van der Waals surface area contributed by atoms with Crippen molar-refractivity contribution in [1.29, 1.82) is 0 Å². The van der Waals surface area contributed by atoms with E-state index in [1.807, 2.05) is 0 Å². The number of benzene rings is 1. The van der Waals surface area contributed by atoms with E-state index in [0.717, 1.165) is 38.8 Å². The fourth-order valence-corrected chi connectivity index (χ4v) is 6.49. The predicted octanol–water partition coefficient (Wildman–Crippen LogP) is 6.30. The molecule has 0 atom stereocenters. The highest BCUT2D eigenvalue weighted by atomic mass is 35.5. The summed E-state index contributed by atoms with van der Waals surface area (Å²) >= 11 is 6.35. The van der Waals surface area contributed by atoms with Gasteiger partial charge in [0.1, 0.15) is 41.0 Å². The molecule has 2 aromatic heterocycles. The molecule has 0 amide bonds. The van der Waals surface area contributed by atoms with Gasteiger partial charge in [-0.1, -0.05) is 11.6 Å². The molecule has 0 saturated carbocycles. The number of nitrogen functional groups attached to an aromatic ring is 1. The summed E-state index contributed by atoms with van der Waals surface area (Å²) in [7, 11) is 0. The van der Waals surface area contributed by atoms with Crippen molar-refractivity contribution in [2.45, 2.75) is 43.8 Å². The highest BCUT2D eigenvalue weighted by Gasteiger charge is 2.45. The molecule has 7 nitrogen and oxygen atoms in total. The number of nitrogens with zero attached hydrogens (tertiary/aromatic N) is 5. The first kappa shape index (κ1) is 27.8. The van der Waals surface area contributed by atoms with Crippen molar-refractivity contribution in [3.8, 4) is 17.3 Å². The largest absolute Gasteiger partial charge is 0.461 e. The van der Waals surface area contributed by atoms with Gasteiger partial charge in [0.25, 0.3) is 0 Å². The molecular formula is C27H25ClF6N6O. The molecule has 41 heavy (non-hydrogen) atoms. The molecule has 6 rings (SSSR count). The minimum absolute atomic E-state index is 0.0257. The number of pyridine rings is 1. The molecule has 0 unspecified atom stereocenters. The quantitative estimate of drug-likeness (QED) is 0.346. The third-order valence-electron chi connectivity index (χ3n) is 8.04. The van der Waals surface area contributed by atoms with E-state index in [2.05, 4.69) is 19.9 Å². The zero-order chi connectivity index (χ0) is 29.1. The third-order valence-corrected chi connectivity index (χ3v) is 8.34. The van der Waals surface area contributed by atoms with Crippen LogP contribution in [0.3, 0.4) is 0 Å². The molecule has 2 fully saturated rings. The SMILES string of the molecule is Nc1cc(F)c(C(F)(F)F)c(-c2c(Cl)cc3c(N4CCC=C(F)C4)nc(OCC45CCCN4CCC5)nc3c2F)n1. The number of anilines is 2. The lowest BCUT2D eigenvalue weighted by Gasteiger charge is -2.31. The highest BCUT2D eigenvalue weighted by molar-refractivity contribution is 6.34. The summed E-state index contributed by atoms with van der Waals surface area (Å²) in [6, 6.07) is 1.35. The van der Waals surface area contributed by atoms with Crippen LogP contribution in [0.25, 0.3) is 22.2 Å². The predicted molar refractivity (Wildman–Crippen MR) is 141 cm³/mol. The van der Waals surface area contributed by atoms with Crippen LogP contribution in [-0.4, -0.2) is 58.2 Å². The van der Waals surface area contributed by atoms with Crippen LogP contribution in [0.15, 0.2) is 24.0 Å². The van der Waals surface area contributed by atoms with E-state index in [9.17, 15) is 22.0 Å². The zero-order valence-electron chi connectivity index (χ0n) is 21.7. The summed E-state index contributed by atoms with van der Waals surface area (Å²) in [6.07, 6.45) is 0.383. The molecule has 0 bridgehead atoms. The number of aromatic nitrogens is 3. The van der Waals surface area contributed by atoms with Gasteiger partial charge in [-0.2, -0.15) is 23.1 Å². The van der Waals surface area contributed by atoms with Crippen molar-refractivity contribution in [2.24, 2.45) is 0 Å². The molecule has 2 saturated heterocycles. The van der Waals surface area contributed by atoms with Crippen molar-refractivity contribution >= 4 is 34.1 Å². The Bertz CT molecular complexity index is 1550. The van der Waals surface area contributed by atoms with Crippen molar-refractivity contribution in [1.82, 2.24) is 19.9 Å². The molecule has 5 heterocycles.